The molecule has 0 unspecified atom stereocenters. The second-order valence-electron chi connectivity index (χ2n) is 9.14. The molecular weight excluding hydrogens is 456 g/mol. The smallest absolute Gasteiger partial charge is 0.203 e. The Bertz CT molecular complexity index is 1020. The predicted octanol–water partition coefficient (Wildman–Crippen LogP) is 2.27. The van der Waals surface area contributed by atoms with E-state index in [2.05, 4.69) is 0 Å². The SMILES string of the molecule is COc1c2cc(c(O)c1OC)CCCC[C@@H](O[C@@H]1OC[C@@H](O)[C@H](O)[C@H]1O)CCc1ccc(O)c-2c1. The fourth-order valence-corrected chi connectivity index (χ4v) is 4.81. The van der Waals surface area contributed by atoms with E-state index in [1.165, 1.54) is 14.2 Å². The Labute approximate surface area is 204 Å². The minimum atomic E-state index is -1.35. The predicted molar refractivity (Wildman–Crippen MR) is 127 cm³/mol. The van der Waals surface area contributed by atoms with Crippen LogP contribution in [0.3, 0.4) is 0 Å². The van der Waals surface area contributed by atoms with E-state index in [1.807, 2.05) is 18.2 Å². The van der Waals surface area contributed by atoms with Crippen molar-refractivity contribution in [1.29, 1.82) is 0 Å². The Morgan fingerprint density at radius 1 is 0.857 bits per heavy atom. The number of aryl methyl sites for hydroxylation is 2. The average molecular weight is 491 g/mol. The number of aliphatic hydroxyl groups is 3. The van der Waals surface area contributed by atoms with Crippen LogP contribution in [-0.4, -0.2) is 77.1 Å². The van der Waals surface area contributed by atoms with Crippen molar-refractivity contribution in [2.24, 2.45) is 0 Å². The standard InChI is InChI=1S/C26H34O9/c1-32-24-18-12-15(21(29)25(24)33-2)5-3-4-6-16(9-7-14-8-10-19(27)17(18)11-14)35-26-23(31)22(30)20(28)13-34-26/h8,10-12,16,20,22-23,26-31H,3-7,9,13H2,1-2H3/t16-,20-,22+,23-,26+/m1/s1. The molecule has 4 rings (SSSR count). The van der Waals surface area contributed by atoms with Gasteiger partial charge in [0.1, 0.15) is 24.1 Å². The quantitative estimate of drug-likeness (QED) is 0.437. The maximum Gasteiger partial charge on any atom is 0.203 e. The number of aromatic hydroxyl groups is 2. The molecule has 1 heterocycles. The maximum atomic E-state index is 10.8. The molecule has 2 aliphatic rings. The van der Waals surface area contributed by atoms with Gasteiger partial charge < -0.3 is 44.5 Å². The summed E-state index contributed by atoms with van der Waals surface area (Å²) in [5.41, 5.74) is 2.85. The van der Waals surface area contributed by atoms with Gasteiger partial charge in [-0.2, -0.15) is 0 Å². The van der Waals surface area contributed by atoms with Crippen molar-refractivity contribution in [3.8, 4) is 34.1 Å². The van der Waals surface area contributed by atoms with E-state index in [4.69, 9.17) is 18.9 Å². The van der Waals surface area contributed by atoms with E-state index >= 15 is 0 Å². The fourth-order valence-electron chi connectivity index (χ4n) is 4.81. The van der Waals surface area contributed by atoms with Crippen LogP contribution in [0.15, 0.2) is 24.3 Å². The topological polar surface area (TPSA) is 138 Å². The molecule has 192 valence electrons. The lowest BCUT2D eigenvalue weighted by Crippen LogP contribution is -2.54. The lowest BCUT2D eigenvalue weighted by molar-refractivity contribution is -0.283. The van der Waals surface area contributed by atoms with Crippen LogP contribution in [0, 0.1) is 0 Å². The summed E-state index contributed by atoms with van der Waals surface area (Å²) in [5.74, 6) is 0.670. The summed E-state index contributed by atoms with van der Waals surface area (Å²) >= 11 is 0. The first-order valence-electron chi connectivity index (χ1n) is 11.9. The van der Waals surface area contributed by atoms with Crippen molar-refractivity contribution in [3.63, 3.8) is 0 Å². The number of phenolic OH excluding ortho intramolecular Hbond substituents is 2. The lowest BCUT2D eigenvalue weighted by atomic mass is 9.95. The summed E-state index contributed by atoms with van der Waals surface area (Å²) in [6.07, 6.45) is -1.09. The van der Waals surface area contributed by atoms with Crippen LogP contribution >= 0.6 is 0 Å². The molecule has 0 radical (unpaired) electrons. The van der Waals surface area contributed by atoms with Gasteiger partial charge in [0.05, 0.1) is 26.9 Å². The highest BCUT2D eigenvalue weighted by atomic mass is 16.7. The third kappa shape index (κ3) is 5.34. The molecule has 0 saturated carbocycles. The number of hydrogen-bond acceptors (Lipinski definition) is 9. The van der Waals surface area contributed by atoms with Gasteiger partial charge in [-0.3, -0.25) is 0 Å². The summed E-state index contributed by atoms with van der Waals surface area (Å²) in [4.78, 5) is 0. The molecule has 2 aromatic rings. The van der Waals surface area contributed by atoms with Crippen molar-refractivity contribution >= 4 is 0 Å². The molecule has 2 aromatic carbocycles. The number of hydrogen-bond donors (Lipinski definition) is 5. The molecule has 1 aliphatic carbocycles. The van der Waals surface area contributed by atoms with E-state index in [0.717, 1.165) is 18.4 Å². The van der Waals surface area contributed by atoms with Gasteiger partial charge in [-0.05, 0) is 61.4 Å². The number of rotatable bonds is 4. The molecule has 5 N–H and O–H groups in total. The summed E-state index contributed by atoms with van der Waals surface area (Å²) in [6.45, 7) is -0.116. The van der Waals surface area contributed by atoms with Crippen molar-refractivity contribution in [3.05, 3.63) is 35.4 Å². The Balaban J connectivity index is 1.64. The van der Waals surface area contributed by atoms with Crippen LogP contribution < -0.4 is 9.47 Å². The van der Waals surface area contributed by atoms with Gasteiger partial charge in [-0.15, -0.1) is 0 Å². The number of benzene rings is 2. The van der Waals surface area contributed by atoms with Gasteiger partial charge in [0.15, 0.2) is 17.8 Å². The second kappa shape index (κ2) is 11.0. The second-order valence-corrected chi connectivity index (χ2v) is 9.14. The highest BCUT2D eigenvalue weighted by molar-refractivity contribution is 5.81. The number of phenols is 2. The average Bonchev–Trinajstić information content (AvgIpc) is 2.86. The zero-order valence-corrected chi connectivity index (χ0v) is 20.0. The Hall–Kier alpha value is -2.56. The van der Waals surface area contributed by atoms with E-state index in [-0.39, 0.29) is 30.0 Å². The molecule has 9 nitrogen and oxygen atoms in total. The monoisotopic (exact) mass is 490 g/mol. The lowest BCUT2D eigenvalue weighted by Gasteiger charge is -2.36. The Morgan fingerprint density at radius 3 is 2.37 bits per heavy atom. The molecule has 0 aromatic heterocycles. The number of ether oxygens (including phenoxy) is 4. The minimum absolute atomic E-state index is 0.0117. The van der Waals surface area contributed by atoms with Crippen LogP contribution in [0.2, 0.25) is 0 Å². The van der Waals surface area contributed by atoms with E-state index in [1.54, 1.807) is 6.07 Å². The molecule has 1 fully saturated rings. The van der Waals surface area contributed by atoms with E-state index < -0.39 is 24.6 Å². The maximum absolute atomic E-state index is 10.8. The van der Waals surface area contributed by atoms with Gasteiger partial charge in [0, 0.05) is 11.1 Å². The third-order valence-corrected chi connectivity index (χ3v) is 6.81. The van der Waals surface area contributed by atoms with Crippen molar-refractivity contribution in [2.75, 3.05) is 20.8 Å². The first-order valence-corrected chi connectivity index (χ1v) is 11.9. The fraction of sp³-hybridized carbons (Fsp3) is 0.538. The molecule has 0 amide bonds. The van der Waals surface area contributed by atoms with Crippen LogP contribution in [0.1, 0.15) is 36.8 Å². The molecule has 0 spiro atoms. The van der Waals surface area contributed by atoms with Crippen molar-refractivity contribution < 1.29 is 44.5 Å². The largest absolute Gasteiger partial charge is 0.507 e. The van der Waals surface area contributed by atoms with Gasteiger partial charge >= 0.3 is 0 Å². The summed E-state index contributed by atoms with van der Waals surface area (Å²) < 4.78 is 22.5. The summed E-state index contributed by atoms with van der Waals surface area (Å²) in [6, 6.07) is 7.19. The summed E-state index contributed by atoms with van der Waals surface area (Å²) in [5, 5.41) is 51.5. The first kappa shape index (κ1) is 25.5. The van der Waals surface area contributed by atoms with Crippen molar-refractivity contribution in [1.82, 2.24) is 0 Å². The van der Waals surface area contributed by atoms with Gasteiger partial charge in [0.25, 0.3) is 0 Å². The molecule has 5 atom stereocenters. The number of aliphatic hydroxyl groups excluding tert-OH is 3. The molecule has 1 aliphatic heterocycles. The highest BCUT2D eigenvalue weighted by Gasteiger charge is 2.39. The minimum Gasteiger partial charge on any atom is -0.507 e. The third-order valence-electron chi connectivity index (χ3n) is 6.81. The molecule has 4 bridgehead atoms. The number of methoxy groups -OCH3 is 2. The van der Waals surface area contributed by atoms with Gasteiger partial charge in [-0.1, -0.05) is 12.5 Å². The van der Waals surface area contributed by atoms with E-state index in [9.17, 15) is 25.5 Å². The molecule has 9 heteroatoms. The zero-order chi connectivity index (χ0) is 25.1. The van der Waals surface area contributed by atoms with Gasteiger partial charge in [0.2, 0.25) is 5.75 Å². The molecular formula is C26H34O9. The Morgan fingerprint density at radius 2 is 1.63 bits per heavy atom. The number of fused-ring (bicyclic) bond motifs is 5. The van der Waals surface area contributed by atoms with Crippen LogP contribution in [0.25, 0.3) is 11.1 Å². The molecule has 1 saturated heterocycles. The van der Waals surface area contributed by atoms with Crippen molar-refractivity contribution in [2.45, 2.75) is 69.2 Å². The van der Waals surface area contributed by atoms with E-state index in [0.29, 0.717) is 48.1 Å². The first-order chi connectivity index (χ1) is 16.8. The highest BCUT2D eigenvalue weighted by Crippen LogP contribution is 2.48. The van der Waals surface area contributed by atoms with Gasteiger partial charge in [-0.25, -0.2) is 0 Å². The zero-order valence-electron chi connectivity index (χ0n) is 20.0. The normalized spacial score (nSPS) is 27.3. The van der Waals surface area contributed by atoms with Crippen LogP contribution in [0.4, 0.5) is 0 Å². The van der Waals surface area contributed by atoms with Crippen LogP contribution in [0.5, 0.6) is 23.0 Å². The molecule has 35 heavy (non-hydrogen) atoms. The summed E-state index contributed by atoms with van der Waals surface area (Å²) in [7, 11) is 2.96. The Kier molecular flexibility index (Phi) is 8.03. The van der Waals surface area contributed by atoms with Crippen LogP contribution in [-0.2, 0) is 22.3 Å².